The largest absolute Gasteiger partial charge is 0.479 e. The molecule has 0 aliphatic carbocycles. The molecular formula is C20H20N4O3S2. The number of aryl methyl sites for hydroxylation is 1. The first-order chi connectivity index (χ1) is 14.0. The maximum Gasteiger partial charge on any atom is 0.268 e. The fourth-order valence-corrected chi connectivity index (χ4v) is 4.54. The molecule has 0 fully saturated rings. The minimum atomic E-state index is -0.656. The van der Waals surface area contributed by atoms with Crippen LogP contribution in [0.1, 0.15) is 25.3 Å². The van der Waals surface area contributed by atoms with Gasteiger partial charge in [-0.2, -0.15) is 0 Å². The summed E-state index contributed by atoms with van der Waals surface area (Å²) in [6.45, 7) is 3.70. The number of amides is 2. The van der Waals surface area contributed by atoms with E-state index in [1.807, 2.05) is 23.6 Å². The number of ether oxygens (including phenoxy) is 1. The van der Waals surface area contributed by atoms with Crippen molar-refractivity contribution in [1.82, 2.24) is 9.97 Å². The van der Waals surface area contributed by atoms with E-state index in [9.17, 15) is 9.59 Å². The first kappa shape index (κ1) is 19.5. The molecule has 7 nitrogen and oxygen atoms in total. The summed E-state index contributed by atoms with van der Waals surface area (Å²) in [5.74, 6) is 0.0124. The van der Waals surface area contributed by atoms with Gasteiger partial charge in [-0.1, -0.05) is 6.92 Å². The Morgan fingerprint density at radius 1 is 1.34 bits per heavy atom. The van der Waals surface area contributed by atoms with Gasteiger partial charge in [0.15, 0.2) is 11.2 Å². The number of nitrogens with one attached hydrogen (secondary N) is 1. The molecule has 2 amide bonds. The van der Waals surface area contributed by atoms with E-state index < -0.39 is 6.10 Å². The summed E-state index contributed by atoms with van der Waals surface area (Å²) < 4.78 is 5.75. The first-order valence-corrected chi connectivity index (χ1v) is 11.1. The van der Waals surface area contributed by atoms with E-state index in [4.69, 9.17) is 4.74 Å². The number of benzene rings is 1. The molecule has 4 rings (SSSR count). The summed E-state index contributed by atoms with van der Waals surface area (Å²) in [6, 6.07) is 5.62. The second-order valence-corrected chi connectivity index (χ2v) is 8.47. The summed E-state index contributed by atoms with van der Waals surface area (Å²) >= 11 is 2.96. The van der Waals surface area contributed by atoms with Crippen molar-refractivity contribution in [3.63, 3.8) is 0 Å². The monoisotopic (exact) mass is 428 g/mol. The van der Waals surface area contributed by atoms with E-state index in [0.717, 1.165) is 29.1 Å². The molecule has 1 aliphatic rings. The maximum atomic E-state index is 12.8. The zero-order valence-corrected chi connectivity index (χ0v) is 17.7. The number of fused-ring (bicyclic) bond motifs is 1. The molecule has 1 atom stereocenters. The SMILES string of the molecule is CCCc1nc(-c2ccc3c(c2)N(CC(=O)Nc2nccs2)C(=O)C(C)O3)cs1. The minimum Gasteiger partial charge on any atom is -0.479 e. The molecule has 1 N–H and O–H groups in total. The Hall–Kier alpha value is -2.78. The van der Waals surface area contributed by atoms with Crippen molar-refractivity contribution in [2.75, 3.05) is 16.8 Å². The fourth-order valence-electron chi connectivity index (χ4n) is 3.09. The Kier molecular flexibility index (Phi) is 5.59. The molecule has 1 aromatic carbocycles. The zero-order chi connectivity index (χ0) is 20.4. The third-order valence-electron chi connectivity index (χ3n) is 4.46. The van der Waals surface area contributed by atoms with Gasteiger partial charge < -0.3 is 10.1 Å². The molecule has 9 heteroatoms. The predicted octanol–water partition coefficient (Wildman–Crippen LogP) is 3.97. The van der Waals surface area contributed by atoms with E-state index >= 15 is 0 Å². The van der Waals surface area contributed by atoms with Crippen LogP contribution in [0.25, 0.3) is 11.3 Å². The average molecular weight is 429 g/mol. The van der Waals surface area contributed by atoms with Gasteiger partial charge in [-0.3, -0.25) is 14.5 Å². The number of carbonyl (C=O) groups excluding carboxylic acids is 2. The summed E-state index contributed by atoms with van der Waals surface area (Å²) in [7, 11) is 0. The molecular weight excluding hydrogens is 408 g/mol. The number of hydrogen-bond donors (Lipinski definition) is 1. The van der Waals surface area contributed by atoms with E-state index in [2.05, 4.69) is 22.2 Å². The van der Waals surface area contributed by atoms with Crippen LogP contribution in [-0.4, -0.2) is 34.4 Å². The Morgan fingerprint density at radius 3 is 2.97 bits per heavy atom. The summed E-state index contributed by atoms with van der Waals surface area (Å²) in [5, 5.41) is 8.10. The highest BCUT2D eigenvalue weighted by molar-refractivity contribution is 7.13. The molecule has 1 aliphatic heterocycles. The van der Waals surface area contributed by atoms with E-state index in [-0.39, 0.29) is 18.4 Å². The van der Waals surface area contributed by atoms with Crippen molar-refractivity contribution >= 4 is 45.3 Å². The second-order valence-electron chi connectivity index (χ2n) is 6.63. The Morgan fingerprint density at radius 2 is 2.21 bits per heavy atom. The lowest BCUT2D eigenvalue weighted by Gasteiger charge is -2.32. The van der Waals surface area contributed by atoms with E-state index in [1.54, 1.807) is 29.8 Å². The van der Waals surface area contributed by atoms with Crippen molar-refractivity contribution in [2.24, 2.45) is 0 Å². The van der Waals surface area contributed by atoms with Crippen LogP contribution < -0.4 is 15.0 Å². The highest BCUT2D eigenvalue weighted by atomic mass is 32.1. The fraction of sp³-hybridized carbons (Fsp3) is 0.300. The number of hydrogen-bond acceptors (Lipinski definition) is 7. The van der Waals surface area contributed by atoms with Gasteiger partial charge in [-0.25, -0.2) is 9.97 Å². The molecule has 3 heterocycles. The number of nitrogens with zero attached hydrogens (tertiary/aromatic N) is 3. The van der Waals surface area contributed by atoms with Gasteiger partial charge in [0.1, 0.15) is 12.3 Å². The van der Waals surface area contributed by atoms with Crippen LogP contribution in [0.15, 0.2) is 35.2 Å². The number of anilines is 2. The maximum absolute atomic E-state index is 12.8. The van der Waals surface area contributed by atoms with Gasteiger partial charge in [0, 0.05) is 22.5 Å². The van der Waals surface area contributed by atoms with Crippen LogP contribution in [0.5, 0.6) is 5.75 Å². The van der Waals surface area contributed by atoms with Crippen LogP contribution >= 0.6 is 22.7 Å². The Labute approximate surface area is 176 Å². The first-order valence-electron chi connectivity index (χ1n) is 9.31. The van der Waals surface area contributed by atoms with Gasteiger partial charge in [0.2, 0.25) is 5.91 Å². The van der Waals surface area contributed by atoms with Gasteiger partial charge in [-0.05, 0) is 38.0 Å². The van der Waals surface area contributed by atoms with Crippen molar-refractivity contribution in [1.29, 1.82) is 0 Å². The van der Waals surface area contributed by atoms with Crippen molar-refractivity contribution in [3.05, 3.63) is 40.2 Å². The lowest BCUT2D eigenvalue weighted by molar-refractivity contribution is -0.127. The summed E-state index contributed by atoms with van der Waals surface area (Å²) in [6.07, 6.45) is 2.94. The third kappa shape index (κ3) is 4.15. The number of rotatable bonds is 6. The summed E-state index contributed by atoms with van der Waals surface area (Å²) in [4.78, 5) is 35.4. The van der Waals surface area contributed by atoms with Crippen molar-refractivity contribution in [2.45, 2.75) is 32.8 Å². The zero-order valence-electron chi connectivity index (χ0n) is 16.0. The number of thiazole rings is 2. The topological polar surface area (TPSA) is 84.4 Å². The molecule has 2 aromatic heterocycles. The highest BCUT2D eigenvalue weighted by Crippen LogP contribution is 2.37. The predicted molar refractivity (Wildman–Crippen MR) is 115 cm³/mol. The normalized spacial score (nSPS) is 15.7. The molecule has 1 unspecified atom stereocenters. The average Bonchev–Trinajstić information content (AvgIpc) is 3.38. The minimum absolute atomic E-state index is 0.110. The molecule has 3 aromatic rings. The quantitative estimate of drug-likeness (QED) is 0.642. The van der Waals surface area contributed by atoms with Gasteiger partial charge in [0.05, 0.1) is 16.4 Å². The van der Waals surface area contributed by atoms with Crippen LogP contribution in [-0.2, 0) is 16.0 Å². The smallest absolute Gasteiger partial charge is 0.268 e. The standard InChI is InChI=1S/C20H20N4O3S2/c1-3-4-18-22-14(11-29-18)13-5-6-16-15(9-13)24(19(26)12(2)27-16)10-17(25)23-20-21-7-8-28-20/h5-9,11-12H,3-4,10H2,1-2H3,(H,21,23,25). The van der Waals surface area contributed by atoms with Crippen molar-refractivity contribution in [3.8, 4) is 17.0 Å². The second kappa shape index (κ2) is 8.30. The van der Waals surface area contributed by atoms with Crippen LogP contribution in [0.3, 0.4) is 0 Å². The van der Waals surface area contributed by atoms with E-state index in [1.165, 1.54) is 16.2 Å². The molecule has 0 saturated carbocycles. The lowest BCUT2D eigenvalue weighted by Crippen LogP contribution is -2.47. The van der Waals surface area contributed by atoms with Crippen LogP contribution in [0.2, 0.25) is 0 Å². The highest BCUT2D eigenvalue weighted by Gasteiger charge is 2.33. The van der Waals surface area contributed by atoms with E-state index in [0.29, 0.717) is 16.6 Å². The van der Waals surface area contributed by atoms with Crippen LogP contribution in [0, 0.1) is 0 Å². The third-order valence-corrected chi connectivity index (χ3v) is 6.06. The lowest BCUT2D eigenvalue weighted by atomic mass is 10.1. The van der Waals surface area contributed by atoms with Crippen molar-refractivity contribution < 1.29 is 14.3 Å². The van der Waals surface area contributed by atoms with Crippen LogP contribution in [0.4, 0.5) is 10.8 Å². The molecule has 0 spiro atoms. The Bertz CT molecular complexity index is 1030. The number of aromatic nitrogens is 2. The number of carbonyl (C=O) groups is 2. The molecule has 0 radical (unpaired) electrons. The molecule has 0 saturated heterocycles. The van der Waals surface area contributed by atoms with Gasteiger partial charge >= 0.3 is 0 Å². The summed E-state index contributed by atoms with van der Waals surface area (Å²) in [5.41, 5.74) is 2.32. The van der Waals surface area contributed by atoms with Gasteiger partial charge in [-0.15, -0.1) is 22.7 Å². The molecule has 0 bridgehead atoms. The molecule has 29 heavy (non-hydrogen) atoms. The Balaban J connectivity index is 1.62. The van der Waals surface area contributed by atoms with Gasteiger partial charge in [0.25, 0.3) is 5.91 Å². The molecule has 150 valence electrons.